The minimum Gasteiger partial charge on any atom is -0.454 e. The number of hydrogen-bond acceptors (Lipinski definition) is 5. The van der Waals surface area contributed by atoms with Gasteiger partial charge in [0, 0.05) is 17.8 Å². The van der Waals surface area contributed by atoms with Crippen LogP contribution in [0.5, 0.6) is 11.5 Å². The molecule has 1 saturated carbocycles. The zero-order valence-corrected chi connectivity index (χ0v) is 19.1. The molecule has 1 atom stereocenters. The molecule has 1 aliphatic heterocycles. The highest BCUT2D eigenvalue weighted by atomic mass is 32.1. The number of nitrogens with zero attached hydrogens (tertiary/aromatic N) is 1. The molecule has 3 aromatic rings. The summed E-state index contributed by atoms with van der Waals surface area (Å²) in [6.07, 6.45) is 5.36. The molecular weight excluding hydrogens is 436 g/mol. The summed E-state index contributed by atoms with van der Waals surface area (Å²) >= 11 is 1.36. The first-order valence-corrected chi connectivity index (χ1v) is 12.2. The van der Waals surface area contributed by atoms with Gasteiger partial charge in [0.15, 0.2) is 11.5 Å². The summed E-state index contributed by atoms with van der Waals surface area (Å²) in [7, 11) is 0. The second-order valence-electron chi connectivity index (χ2n) is 8.35. The van der Waals surface area contributed by atoms with Gasteiger partial charge in [0.05, 0.1) is 4.88 Å². The minimum absolute atomic E-state index is 0.132. The quantitative estimate of drug-likeness (QED) is 0.539. The summed E-state index contributed by atoms with van der Waals surface area (Å²) in [5.41, 5.74) is 1.35. The molecule has 0 bridgehead atoms. The number of hydrogen-bond donors (Lipinski definition) is 1. The van der Waals surface area contributed by atoms with E-state index in [9.17, 15) is 9.59 Å². The van der Waals surface area contributed by atoms with Gasteiger partial charge in [-0.2, -0.15) is 0 Å². The van der Waals surface area contributed by atoms with Crippen LogP contribution in [0.2, 0.25) is 0 Å². The van der Waals surface area contributed by atoms with E-state index in [0.29, 0.717) is 22.1 Å². The normalized spacial score (nSPS) is 16.2. The molecule has 0 unspecified atom stereocenters. The smallest absolute Gasteiger partial charge is 0.269 e. The number of carbonyl (C=O) groups is 2. The average molecular weight is 463 g/mol. The highest BCUT2D eigenvalue weighted by molar-refractivity contribution is 7.12. The van der Waals surface area contributed by atoms with Crippen molar-refractivity contribution in [2.45, 2.75) is 44.2 Å². The van der Waals surface area contributed by atoms with E-state index in [-0.39, 0.29) is 24.6 Å². The Morgan fingerprint density at radius 2 is 1.73 bits per heavy atom. The molecule has 33 heavy (non-hydrogen) atoms. The number of anilines is 1. The number of rotatable bonds is 6. The van der Waals surface area contributed by atoms with Gasteiger partial charge in [-0.15, -0.1) is 11.3 Å². The van der Waals surface area contributed by atoms with Crippen LogP contribution < -0.4 is 19.7 Å². The van der Waals surface area contributed by atoms with E-state index in [1.165, 1.54) is 17.8 Å². The maximum Gasteiger partial charge on any atom is 0.269 e. The lowest BCUT2D eigenvalue weighted by Gasteiger charge is -2.33. The highest BCUT2D eigenvalue weighted by Gasteiger charge is 2.35. The number of nitrogens with one attached hydrogen (secondary N) is 1. The molecule has 0 saturated heterocycles. The third-order valence-corrected chi connectivity index (χ3v) is 7.02. The first-order valence-electron chi connectivity index (χ1n) is 11.3. The lowest BCUT2D eigenvalue weighted by Crippen LogP contribution is -2.47. The maximum absolute atomic E-state index is 13.8. The highest BCUT2D eigenvalue weighted by Crippen LogP contribution is 2.39. The van der Waals surface area contributed by atoms with Crippen molar-refractivity contribution >= 4 is 28.8 Å². The monoisotopic (exact) mass is 462 g/mol. The van der Waals surface area contributed by atoms with Gasteiger partial charge in [-0.05, 0) is 42.0 Å². The molecule has 0 spiro atoms. The van der Waals surface area contributed by atoms with Gasteiger partial charge in [0.2, 0.25) is 12.7 Å². The number of benzene rings is 2. The van der Waals surface area contributed by atoms with Crippen LogP contribution in [-0.4, -0.2) is 24.6 Å². The Hall–Kier alpha value is -3.32. The number of carbonyl (C=O) groups excluding carboxylic acids is 2. The van der Waals surface area contributed by atoms with Gasteiger partial charge in [0.1, 0.15) is 6.04 Å². The third kappa shape index (κ3) is 4.59. The van der Waals surface area contributed by atoms with Crippen molar-refractivity contribution in [2.24, 2.45) is 0 Å². The molecule has 170 valence electrons. The van der Waals surface area contributed by atoms with Crippen LogP contribution in [-0.2, 0) is 4.79 Å². The topological polar surface area (TPSA) is 67.9 Å². The number of amides is 2. The zero-order valence-electron chi connectivity index (χ0n) is 18.2. The van der Waals surface area contributed by atoms with Crippen molar-refractivity contribution in [3.8, 4) is 11.5 Å². The Kier molecular flexibility index (Phi) is 6.30. The van der Waals surface area contributed by atoms with Gasteiger partial charge in [-0.25, -0.2) is 0 Å². The molecule has 0 radical (unpaired) electrons. The van der Waals surface area contributed by atoms with Crippen molar-refractivity contribution < 1.29 is 19.1 Å². The Balaban J connectivity index is 1.57. The SMILES string of the molecule is O=C(NC1CCCCC1)[C@@H](c1ccccc1)N(C(=O)c1cccs1)c1ccc2c(c1)OCO2. The summed E-state index contributed by atoms with van der Waals surface area (Å²) in [6, 6.07) is 17.8. The first-order chi connectivity index (χ1) is 16.2. The Bertz CT molecular complexity index is 1110. The van der Waals surface area contributed by atoms with Crippen molar-refractivity contribution in [1.82, 2.24) is 5.32 Å². The van der Waals surface area contributed by atoms with Crippen molar-refractivity contribution in [3.05, 3.63) is 76.5 Å². The van der Waals surface area contributed by atoms with Gasteiger partial charge >= 0.3 is 0 Å². The predicted octanol–water partition coefficient (Wildman–Crippen LogP) is 5.31. The Morgan fingerprint density at radius 3 is 2.48 bits per heavy atom. The molecule has 1 fully saturated rings. The number of fused-ring (bicyclic) bond motifs is 1. The molecular formula is C26H26N2O4S. The van der Waals surface area contributed by atoms with Crippen LogP contribution >= 0.6 is 11.3 Å². The standard InChI is InChI=1S/C26H26N2O4S/c29-25(27-19-10-5-2-6-11-19)24(18-8-3-1-4-9-18)28(26(30)23-12-7-15-33-23)20-13-14-21-22(16-20)32-17-31-21/h1,3-4,7-9,12-16,19,24H,2,5-6,10-11,17H2,(H,27,29)/t24-/m1/s1. The molecule has 1 aromatic heterocycles. The van der Waals surface area contributed by atoms with Gasteiger partial charge in [-0.1, -0.05) is 55.7 Å². The van der Waals surface area contributed by atoms with E-state index in [4.69, 9.17) is 9.47 Å². The number of thiophene rings is 1. The van der Waals surface area contributed by atoms with Crippen LogP contribution in [0.25, 0.3) is 0 Å². The average Bonchev–Trinajstić information content (AvgIpc) is 3.55. The summed E-state index contributed by atoms with van der Waals surface area (Å²) in [4.78, 5) is 29.7. The van der Waals surface area contributed by atoms with Gasteiger partial charge in [0.25, 0.3) is 5.91 Å². The lowest BCUT2D eigenvalue weighted by atomic mass is 9.94. The van der Waals surface area contributed by atoms with Crippen LogP contribution in [0, 0.1) is 0 Å². The summed E-state index contributed by atoms with van der Waals surface area (Å²) in [6.45, 7) is 0.141. The maximum atomic E-state index is 13.8. The second-order valence-corrected chi connectivity index (χ2v) is 9.29. The van der Waals surface area contributed by atoms with E-state index < -0.39 is 6.04 Å². The third-order valence-electron chi connectivity index (χ3n) is 6.16. The van der Waals surface area contributed by atoms with Crippen molar-refractivity contribution in [2.75, 3.05) is 11.7 Å². The van der Waals surface area contributed by atoms with Crippen LogP contribution in [0.15, 0.2) is 66.0 Å². The van der Waals surface area contributed by atoms with Crippen LogP contribution in [0.3, 0.4) is 0 Å². The zero-order chi connectivity index (χ0) is 22.6. The summed E-state index contributed by atoms with van der Waals surface area (Å²) in [5.74, 6) is 0.799. The molecule has 2 heterocycles. The first kappa shape index (κ1) is 21.5. The van der Waals surface area contributed by atoms with Gasteiger partial charge in [-0.3, -0.25) is 14.5 Å². The van der Waals surface area contributed by atoms with E-state index in [1.807, 2.05) is 47.8 Å². The summed E-state index contributed by atoms with van der Waals surface area (Å²) < 4.78 is 11.0. The summed E-state index contributed by atoms with van der Waals surface area (Å²) in [5, 5.41) is 5.10. The van der Waals surface area contributed by atoms with Crippen LogP contribution in [0.1, 0.15) is 53.4 Å². The predicted molar refractivity (Wildman–Crippen MR) is 128 cm³/mol. The molecule has 2 aromatic carbocycles. The minimum atomic E-state index is -0.817. The molecule has 1 N–H and O–H groups in total. The van der Waals surface area contributed by atoms with E-state index in [1.54, 1.807) is 23.1 Å². The van der Waals surface area contributed by atoms with Gasteiger partial charge < -0.3 is 14.8 Å². The fourth-order valence-electron chi connectivity index (χ4n) is 4.52. The van der Waals surface area contributed by atoms with E-state index in [0.717, 1.165) is 31.2 Å². The largest absolute Gasteiger partial charge is 0.454 e. The second kappa shape index (κ2) is 9.67. The molecule has 7 heteroatoms. The fraction of sp³-hybridized carbons (Fsp3) is 0.308. The van der Waals surface area contributed by atoms with Crippen molar-refractivity contribution in [1.29, 1.82) is 0 Å². The lowest BCUT2D eigenvalue weighted by molar-refractivity contribution is -0.123. The fourth-order valence-corrected chi connectivity index (χ4v) is 5.18. The Morgan fingerprint density at radius 1 is 0.939 bits per heavy atom. The van der Waals surface area contributed by atoms with Crippen LogP contribution in [0.4, 0.5) is 5.69 Å². The molecule has 2 amide bonds. The Labute approximate surface area is 197 Å². The number of ether oxygens (including phenoxy) is 2. The molecule has 2 aliphatic rings. The van der Waals surface area contributed by atoms with E-state index >= 15 is 0 Å². The molecule has 6 nitrogen and oxygen atoms in total. The molecule has 1 aliphatic carbocycles. The molecule has 5 rings (SSSR count). The van der Waals surface area contributed by atoms with Crippen molar-refractivity contribution in [3.63, 3.8) is 0 Å². The van der Waals surface area contributed by atoms with E-state index in [2.05, 4.69) is 5.32 Å².